The van der Waals surface area contributed by atoms with Gasteiger partial charge in [0, 0.05) is 21.4 Å². The molecule has 0 amide bonds. The van der Waals surface area contributed by atoms with Gasteiger partial charge in [0.05, 0.1) is 5.69 Å². The molecule has 0 N–H and O–H groups in total. The predicted octanol–water partition coefficient (Wildman–Crippen LogP) is 7.97. The van der Waals surface area contributed by atoms with E-state index < -0.39 is 0 Å². The van der Waals surface area contributed by atoms with Gasteiger partial charge in [-0.25, -0.2) is 0 Å². The minimum atomic E-state index is 0.369. The van der Waals surface area contributed by atoms with Crippen LogP contribution >= 0.6 is 35.0 Å². The van der Waals surface area contributed by atoms with E-state index >= 15 is 0 Å². The number of hydrogen-bond acceptors (Lipinski definition) is 3. The number of hydrogen-bond donors (Lipinski definition) is 0. The van der Waals surface area contributed by atoms with Crippen LogP contribution in [0.1, 0.15) is 36.5 Å². The van der Waals surface area contributed by atoms with Crippen molar-refractivity contribution >= 4 is 35.0 Å². The summed E-state index contributed by atoms with van der Waals surface area (Å²) in [5.41, 5.74) is 5.61. The fourth-order valence-electron chi connectivity index (χ4n) is 3.43. The monoisotopic (exact) mass is 467 g/mol. The van der Waals surface area contributed by atoms with Crippen molar-refractivity contribution in [1.29, 1.82) is 0 Å². The third-order valence-electron chi connectivity index (χ3n) is 5.11. The van der Waals surface area contributed by atoms with E-state index in [-0.39, 0.29) is 0 Å². The van der Waals surface area contributed by atoms with Gasteiger partial charge in [-0.1, -0.05) is 103 Å². The molecule has 0 spiro atoms. The normalized spacial score (nSPS) is 11.3. The van der Waals surface area contributed by atoms with Crippen molar-refractivity contribution in [2.24, 2.45) is 0 Å². The Hall–Kier alpha value is -2.27. The SMILES string of the molecule is Cc1ccc(-c2nnc(SCc3ccc(Cl)cc3Cl)n2-c2ccccc2C(C)C)cc1. The highest BCUT2D eigenvalue weighted by Crippen LogP contribution is 2.34. The standard InChI is InChI=1S/C25H23Cl2N3S/c1-16(2)21-6-4-5-7-23(21)30-24(18-10-8-17(3)9-11-18)28-29-25(30)31-15-19-12-13-20(26)14-22(19)27/h4-14,16H,15H2,1-3H3. The highest BCUT2D eigenvalue weighted by molar-refractivity contribution is 7.98. The van der Waals surface area contributed by atoms with Crippen LogP contribution in [0.15, 0.2) is 71.9 Å². The molecule has 1 heterocycles. The van der Waals surface area contributed by atoms with E-state index in [1.165, 1.54) is 11.1 Å². The minimum absolute atomic E-state index is 0.369. The van der Waals surface area contributed by atoms with Crippen LogP contribution in [0.2, 0.25) is 10.0 Å². The molecule has 4 aromatic rings. The van der Waals surface area contributed by atoms with Gasteiger partial charge in [-0.2, -0.15) is 0 Å². The summed E-state index contributed by atoms with van der Waals surface area (Å²) >= 11 is 14.1. The number of aromatic nitrogens is 3. The second-order valence-electron chi connectivity index (χ2n) is 7.75. The van der Waals surface area contributed by atoms with Gasteiger partial charge >= 0.3 is 0 Å². The summed E-state index contributed by atoms with van der Waals surface area (Å²) in [4.78, 5) is 0. The first kappa shape index (κ1) is 21.9. The highest BCUT2D eigenvalue weighted by Gasteiger charge is 2.19. The van der Waals surface area contributed by atoms with Gasteiger partial charge in [-0.3, -0.25) is 4.57 Å². The lowest BCUT2D eigenvalue weighted by Gasteiger charge is -2.17. The average molecular weight is 468 g/mol. The maximum Gasteiger partial charge on any atom is 0.196 e. The summed E-state index contributed by atoms with van der Waals surface area (Å²) in [6, 6.07) is 22.4. The summed E-state index contributed by atoms with van der Waals surface area (Å²) in [6.45, 7) is 6.49. The molecule has 0 fully saturated rings. The fraction of sp³-hybridized carbons (Fsp3) is 0.200. The zero-order valence-electron chi connectivity index (χ0n) is 17.6. The zero-order valence-corrected chi connectivity index (χ0v) is 20.0. The van der Waals surface area contributed by atoms with Gasteiger partial charge in [0.15, 0.2) is 11.0 Å². The van der Waals surface area contributed by atoms with Crippen LogP contribution in [0.25, 0.3) is 17.1 Å². The van der Waals surface area contributed by atoms with Crippen LogP contribution in [0.5, 0.6) is 0 Å². The smallest absolute Gasteiger partial charge is 0.196 e. The van der Waals surface area contributed by atoms with E-state index in [2.05, 4.69) is 84.1 Å². The number of para-hydroxylation sites is 1. The van der Waals surface area contributed by atoms with Crippen LogP contribution in [0.3, 0.4) is 0 Å². The molecule has 0 bridgehead atoms. The van der Waals surface area contributed by atoms with E-state index in [1.807, 2.05) is 12.1 Å². The molecule has 1 aromatic heterocycles. The number of aryl methyl sites for hydroxylation is 1. The van der Waals surface area contributed by atoms with Crippen LogP contribution < -0.4 is 0 Å². The Kier molecular flexibility index (Phi) is 6.71. The molecule has 0 saturated heterocycles. The van der Waals surface area contributed by atoms with Gasteiger partial charge < -0.3 is 0 Å². The number of thioether (sulfide) groups is 1. The van der Waals surface area contributed by atoms with Gasteiger partial charge in [0.2, 0.25) is 0 Å². The third-order valence-corrected chi connectivity index (χ3v) is 6.68. The molecule has 0 aliphatic carbocycles. The molecule has 3 aromatic carbocycles. The van der Waals surface area contributed by atoms with Crippen molar-refractivity contribution in [3.63, 3.8) is 0 Å². The lowest BCUT2D eigenvalue weighted by molar-refractivity contribution is 0.818. The van der Waals surface area contributed by atoms with Crippen molar-refractivity contribution in [1.82, 2.24) is 14.8 Å². The van der Waals surface area contributed by atoms with Gasteiger partial charge in [-0.15, -0.1) is 10.2 Å². The summed E-state index contributed by atoms with van der Waals surface area (Å²) in [7, 11) is 0. The van der Waals surface area contributed by atoms with Crippen molar-refractivity contribution < 1.29 is 0 Å². The Morgan fingerprint density at radius 2 is 1.68 bits per heavy atom. The maximum absolute atomic E-state index is 6.39. The minimum Gasteiger partial charge on any atom is -0.270 e. The van der Waals surface area contributed by atoms with Crippen molar-refractivity contribution in [2.75, 3.05) is 0 Å². The number of benzene rings is 3. The summed E-state index contributed by atoms with van der Waals surface area (Å²) in [5.74, 6) is 1.87. The Morgan fingerprint density at radius 3 is 2.39 bits per heavy atom. The number of nitrogens with zero attached hydrogens (tertiary/aromatic N) is 3. The van der Waals surface area contributed by atoms with Crippen LogP contribution in [-0.4, -0.2) is 14.8 Å². The fourth-order valence-corrected chi connectivity index (χ4v) is 4.93. The van der Waals surface area contributed by atoms with E-state index in [9.17, 15) is 0 Å². The molecule has 0 atom stereocenters. The van der Waals surface area contributed by atoms with E-state index in [0.29, 0.717) is 21.7 Å². The second-order valence-corrected chi connectivity index (χ2v) is 9.53. The molecular weight excluding hydrogens is 445 g/mol. The Labute approximate surface area is 197 Å². The quantitative estimate of drug-likeness (QED) is 0.269. The zero-order chi connectivity index (χ0) is 22.0. The highest BCUT2D eigenvalue weighted by atomic mass is 35.5. The van der Waals surface area contributed by atoms with E-state index in [4.69, 9.17) is 23.2 Å². The summed E-state index contributed by atoms with van der Waals surface area (Å²) in [6.07, 6.45) is 0. The number of rotatable bonds is 6. The topological polar surface area (TPSA) is 30.7 Å². The maximum atomic E-state index is 6.39. The third kappa shape index (κ3) is 4.82. The van der Waals surface area contributed by atoms with Crippen LogP contribution in [-0.2, 0) is 5.75 Å². The van der Waals surface area contributed by atoms with Gasteiger partial charge in [0.25, 0.3) is 0 Å². The molecular formula is C25H23Cl2N3S. The largest absolute Gasteiger partial charge is 0.270 e. The lowest BCUT2D eigenvalue weighted by Crippen LogP contribution is -2.05. The lowest BCUT2D eigenvalue weighted by atomic mass is 10.0. The summed E-state index contributed by atoms with van der Waals surface area (Å²) < 4.78 is 2.16. The molecule has 158 valence electrons. The molecule has 31 heavy (non-hydrogen) atoms. The Balaban J connectivity index is 1.80. The Bertz CT molecular complexity index is 1200. The second kappa shape index (κ2) is 9.47. The van der Waals surface area contributed by atoms with Crippen LogP contribution in [0.4, 0.5) is 0 Å². The van der Waals surface area contributed by atoms with Crippen molar-refractivity contribution in [3.8, 4) is 17.1 Å². The molecule has 6 heteroatoms. The van der Waals surface area contributed by atoms with E-state index in [0.717, 1.165) is 27.8 Å². The van der Waals surface area contributed by atoms with Gasteiger partial charge in [0.1, 0.15) is 0 Å². The average Bonchev–Trinajstić information content (AvgIpc) is 3.17. The molecule has 0 aliphatic rings. The van der Waals surface area contributed by atoms with Gasteiger partial charge in [-0.05, 0) is 42.2 Å². The molecule has 4 rings (SSSR count). The first-order chi connectivity index (χ1) is 14.9. The molecule has 0 radical (unpaired) electrons. The Morgan fingerprint density at radius 1 is 0.935 bits per heavy atom. The summed E-state index contributed by atoms with van der Waals surface area (Å²) in [5, 5.41) is 11.3. The van der Waals surface area contributed by atoms with Crippen molar-refractivity contribution in [2.45, 2.75) is 37.6 Å². The molecule has 0 aliphatic heterocycles. The van der Waals surface area contributed by atoms with Crippen LogP contribution in [0, 0.1) is 6.92 Å². The molecule has 0 saturated carbocycles. The molecule has 0 unspecified atom stereocenters. The number of halogens is 2. The first-order valence-electron chi connectivity index (χ1n) is 10.1. The van der Waals surface area contributed by atoms with E-state index in [1.54, 1.807) is 17.8 Å². The first-order valence-corrected chi connectivity index (χ1v) is 11.9. The molecule has 3 nitrogen and oxygen atoms in total. The predicted molar refractivity (Wildman–Crippen MR) is 132 cm³/mol. The van der Waals surface area contributed by atoms with Crippen molar-refractivity contribution in [3.05, 3.63) is 93.5 Å².